The average molecular weight is 440 g/mol. The summed E-state index contributed by atoms with van der Waals surface area (Å²) in [5.41, 5.74) is 3.89. The van der Waals surface area contributed by atoms with E-state index in [-0.39, 0.29) is 0 Å². The quantitative estimate of drug-likeness (QED) is 0.342. The molecule has 0 aliphatic carbocycles. The molecule has 0 amide bonds. The van der Waals surface area contributed by atoms with Gasteiger partial charge in [-0.2, -0.15) is 0 Å². The summed E-state index contributed by atoms with van der Waals surface area (Å²) in [6.45, 7) is 9.67. The molecule has 0 saturated heterocycles. The molecule has 0 radical (unpaired) electrons. The second-order valence-corrected chi connectivity index (χ2v) is 8.54. The Hall–Kier alpha value is -0.910. The molecule has 2 aromatic rings. The standard InChI is InChI=1S/C22H31Cl2N3S/c1-18-7-8-21(19(2)17-18)28-22-6-4-3-5-20(22)27(15-13-25-11-9-23)16-14-26-12-10-24/h3-8,17,25-26H,9-16H2,1-2H3. The van der Waals surface area contributed by atoms with E-state index in [0.717, 1.165) is 39.3 Å². The van der Waals surface area contributed by atoms with Gasteiger partial charge in [0.15, 0.2) is 0 Å². The zero-order chi connectivity index (χ0) is 20.2. The van der Waals surface area contributed by atoms with Crippen molar-refractivity contribution in [3.05, 3.63) is 53.6 Å². The van der Waals surface area contributed by atoms with Crippen LogP contribution in [0, 0.1) is 13.8 Å². The molecule has 2 rings (SSSR count). The van der Waals surface area contributed by atoms with Gasteiger partial charge >= 0.3 is 0 Å². The van der Waals surface area contributed by atoms with Gasteiger partial charge in [-0.05, 0) is 37.6 Å². The Morgan fingerprint density at radius 3 is 2.07 bits per heavy atom. The molecule has 3 nitrogen and oxygen atoms in total. The monoisotopic (exact) mass is 439 g/mol. The number of para-hydroxylation sites is 1. The van der Waals surface area contributed by atoms with Gasteiger partial charge in [0, 0.05) is 60.8 Å². The van der Waals surface area contributed by atoms with E-state index in [1.807, 2.05) is 11.8 Å². The molecule has 2 N–H and O–H groups in total. The Morgan fingerprint density at radius 2 is 1.46 bits per heavy atom. The van der Waals surface area contributed by atoms with Crippen LogP contribution >= 0.6 is 35.0 Å². The van der Waals surface area contributed by atoms with E-state index in [9.17, 15) is 0 Å². The molecule has 154 valence electrons. The third-order valence-electron chi connectivity index (χ3n) is 4.42. The lowest BCUT2D eigenvalue weighted by atomic mass is 10.2. The van der Waals surface area contributed by atoms with Crippen molar-refractivity contribution in [1.29, 1.82) is 0 Å². The Balaban J connectivity index is 2.16. The fourth-order valence-corrected chi connectivity index (χ4v) is 4.31. The van der Waals surface area contributed by atoms with Crippen molar-refractivity contribution in [3.8, 4) is 0 Å². The van der Waals surface area contributed by atoms with E-state index in [0.29, 0.717) is 11.8 Å². The van der Waals surface area contributed by atoms with Crippen LogP contribution in [-0.4, -0.2) is 51.0 Å². The first kappa shape index (κ1) is 23.4. The summed E-state index contributed by atoms with van der Waals surface area (Å²) in [5.74, 6) is 1.27. The number of hydrogen-bond acceptors (Lipinski definition) is 4. The first-order valence-electron chi connectivity index (χ1n) is 9.78. The molecule has 0 atom stereocenters. The number of aryl methyl sites for hydroxylation is 2. The Labute approximate surface area is 184 Å². The van der Waals surface area contributed by atoms with Gasteiger partial charge in [-0.3, -0.25) is 0 Å². The summed E-state index contributed by atoms with van der Waals surface area (Å²) in [5, 5.41) is 6.80. The molecular weight excluding hydrogens is 409 g/mol. The van der Waals surface area contributed by atoms with Crippen molar-refractivity contribution in [2.24, 2.45) is 0 Å². The molecule has 0 bridgehead atoms. The van der Waals surface area contributed by atoms with Gasteiger partial charge in [-0.15, -0.1) is 23.2 Å². The van der Waals surface area contributed by atoms with Crippen LogP contribution in [0.25, 0.3) is 0 Å². The van der Waals surface area contributed by atoms with E-state index >= 15 is 0 Å². The molecule has 2 aromatic carbocycles. The summed E-state index contributed by atoms with van der Waals surface area (Å²) in [7, 11) is 0. The third-order valence-corrected chi connectivity index (χ3v) is 6.04. The lowest BCUT2D eigenvalue weighted by Crippen LogP contribution is -2.38. The first-order chi connectivity index (χ1) is 13.7. The predicted molar refractivity (Wildman–Crippen MR) is 126 cm³/mol. The number of nitrogens with one attached hydrogen (secondary N) is 2. The fourth-order valence-electron chi connectivity index (χ4n) is 3.00. The molecule has 6 heteroatoms. The second-order valence-electron chi connectivity index (χ2n) is 6.70. The van der Waals surface area contributed by atoms with E-state index in [1.165, 1.54) is 26.6 Å². The highest BCUT2D eigenvalue weighted by Gasteiger charge is 2.13. The summed E-state index contributed by atoms with van der Waals surface area (Å²) < 4.78 is 0. The maximum Gasteiger partial charge on any atom is 0.0508 e. The van der Waals surface area contributed by atoms with Crippen LogP contribution < -0.4 is 15.5 Å². The number of nitrogens with zero attached hydrogens (tertiary/aromatic N) is 1. The summed E-state index contributed by atoms with van der Waals surface area (Å²) in [6, 6.07) is 15.3. The van der Waals surface area contributed by atoms with E-state index in [2.05, 4.69) is 71.8 Å². The summed E-state index contributed by atoms with van der Waals surface area (Å²) in [4.78, 5) is 5.02. The van der Waals surface area contributed by atoms with Gasteiger partial charge < -0.3 is 15.5 Å². The summed E-state index contributed by atoms with van der Waals surface area (Å²) >= 11 is 13.4. The molecule has 0 fully saturated rings. The lowest BCUT2D eigenvalue weighted by Gasteiger charge is -2.27. The van der Waals surface area contributed by atoms with Crippen molar-refractivity contribution >= 4 is 40.7 Å². The summed E-state index contributed by atoms with van der Waals surface area (Å²) in [6.07, 6.45) is 0. The highest BCUT2D eigenvalue weighted by atomic mass is 35.5. The lowest BCUT2D eigenvalue weighted by molar-refractivity contribution is 0.645. The third kappa shape index (κ3) is 7.84. The molecule has 0 aliphatic heterocycles. The minimum Gasteiger partial charge on any atom is -0.368 e. The van der Waals surface area contributed by atoms with Crippen LogP contribution in [0.2, 0.25) is 0 Å². The number of benzene rings is 2. The number of hydrogen-bond donors (Lipinski definition) is 2. The van der Waals surface area contributed by atoms with E-state index < -0.39 is 0 Å². The molecule has 0 aromatic heterocycles. The highest BCUT2D eigenvalue weighted by Crippen LogP contribution is 2.37. The number of rotatable bonds is 13. The van der Waals surface area contributed by atoms with E-state index in [1.54, 1.807) is 0 Å². The second kappa shape index (κ2) is 13.3. The smallest absolute Gasteiger partial charge is 0.0508 e. The Morgan fingerprint density at radius 1 is 0.821 bits per heavy atom. The fraction of sp³-hybridized carbons (Fsp3) is 0.455. The van der Waals surface area contributed by atoms with Crippen LogP contribution in [-0.2, 0) is 0 Å². The van der Waals surface area contributed by atoms with Crippen LogP contribution in [0.4, 0.5) is 5.69 Å². The first-order valence-corrected chi connectivity index (χ1v) is 11.7. The van der Waals surface area contributed by atoms with Crippen LogP contribution in [0.3, 0.4) is 0 Å². The molecule has 0 spiro atoms. The normalized spacial score (nSPS) is 11.0. The maximum atomic E-state index is 5.79. The van der Waals surface area contributed by atoms with Crippen molar-refractivity contribution < 1.29 is 0 Å². The van der Waals surface area contributed by atoms with Crippen LogP contribution in [0.15, 0.2) is 52.3 Å². The zero-order valence-corrected chi connectivity index (χ0v) is 19.1. The SMILES string of the molecule is Cc1ccc(Sc2ccccc2N(CCNCCCl)CCNCCCl)c(C)c1. The Bertz CT molecular complexity index is 700. The Kier molecular flexibility index (Phi) is 11.1. The molecule has 0 heterocycles. The van der Waals surface area contributed by atoms with Gasteiger partial charge in [0.05, 0.1) is 5.69 Å². The van der Waals surface area contributed by atoms with Gasteiger partial charge in [0.1, 0.15) is 0 Å². The van der Waals surface area contributed by atoms with Gasteiger partial charge in [0.25, 0.3) is 0 Å². The minimum atomic E-state index is 0.635. The number of halogens is 2. The largest absolute Gasteiger partial charge is 0.368 e. The van der Waals surface area contributed by atoms with Crippen LogP contribution in [0.5, 0.6) is 0 Å². The predicted octanol–water partition coefficient (Wildman–Crippen LogP) is 4.92. The topological polar surface area (TPSA) is 27.3 Å². The van der Waals surface area contributed by atoms with Crippen molar-refractivity contribution in [2.45, 2.75) is 23.6 Å². The molecule has 0 aliphatic rings. The number of alkyl halides is 2. The molecular formula is C22H31Cl2N3S. The molecule has 0 saturated carbocycles. The van der Waals surface area contributed by atoms with Crippen LogP contribution in [0.1, 0.15) is 11.1 Å². The van der Waals surface area contributed by atoms with E-state index in [4.69, 9.17) is 23.2 Å². The van der Waals surface area contributed by atoms with Crippen molar-refractivity contribution in [2.75, 3.05) is 55.9 Å². The highest BCUT2D eigenvalue weighted by molar-refractivity contribution is 7.99. The van der Waals surface area contributed by atoms with Gasteiger partial charge in [-0.25, -0.2) is 0 Å². The molecule has 0 unspecified atom stereocenters. The van der Waals surface area contributed by atoms with Gasteiger partial charge in [0.2, 0.25) is 0 Å². The molecule has 28 heavy (non-hydrogen) atoms. The number of anilines is 1. The minimum absolute atomic E-state index is 0.635. The maximum absolute atomic E-state index is 5.79. The average Bonchev–Trinajstić information content (AvgIpc) is 2.69. The van der Waals surface area contributed by atoms with Crippen molar-refractivity contribution in [1.82, 2.24) is 10.6 Å². The van der Waals surface area contributed by atoms with Gasteiger partial charge in [-0.1, -0.05) is 41.6 Å². The zero-order valence-electron chi connectivity index (χ0n) is 16.8. The van der Waals surface area contributed by atoms with Crippen molar-refractivity contribution in [3.63, 3.8) is 0 Å².